The zero-order valence-electron chi connectivity index (χ0n) is 35.2. The standard InChI is InChI=1S/C61H43NO/c1-61(2)54-27-15-14-25-49(54)50-35-34-47(39-55(50)61)62(56-36-33-45(41-19-8-4-9-20-41)37-52(56)44-31-29-42(30-32-44)40-17-6-3-7-18-40)57-28-16-26-51-58-48-24-13-12-23-46(48)38-53(60(58)63-59(51)57)43-21-10-5-11-22-43/h3-39H,1-2H3. The van der Waals surface area contributed by atoms with Gasteiger partial charge < -0.3 is 9.32 Å². The van der Waals surface area contributed by atoms with E-state index in [4.69, 9.17) is 4.42 Å². The molecular weight excluding hydrogens is 763 g/mol. The van der Waals surface area contributed by atoms with Gasteiger partial charge in [-0.25, -0.2) is 0 Å². The second-order valence-corrected chi connectivity index (χ2v) is 17.2. The number of benzene rings is 10. The first-order chi connectivity index (χ1) is 31.0. The van der Waals surface area contributed by atoms with Crippen LogP contribution in [-0.4, -0.2) is 0 Å². The van der Waals surface area contributed by atoms with Crippen LogP contribution >= 0.6 is 0 Å². The number of furan rings is 1. The lowest BCUT2D eigenvalue weighted by Crippen LogP contribution is -2.17. The van der Waals surface area contributed by atoms with Crippen LogP contribution < -0.4 is 4.90 Å². The molecule has 11 aromatic rings. The Morgan fingerprint density at radius 1 is 0.349 bits per heavy atom. The summed E-state index contributed by atoms with van der Waals surface area (Å²) < 4.78 is 7.35. The van der Waals surface area contributed by atoms with Crippen molar-refractivity contribution in [3.8, 4) is 55.6 Å². The predicted octanol–water partition coefficient (Wildman–Crippen LogP) is 17.2. The number of fused-ring (bicyclic) bond motifs is 8. The minimum Gasteiger partial charge on any atom is -0.453 e. The number of hydrogen-bond donors (Lipinski definition) is 0. The summed E-state index contributed by atoms with van der Waals surface area (Å²) in [5.41, 5.74) is 19.1. The van der Waals surface area contributed by atoms with Crippen LogP contribution in [0.5, 0.6) is 0 Å². The molecule has 1 aromatic heterocycles. The van der Waals surface area contributed by atoms with Crippen LogP contribution in [0, 0.1) is 0 Å². The van der Waals surface area contributed by atoms with Crippen molar-refractivity contribution in [2.45, 2.75) is 19.3 Å². The minimum atomic E-state index is -0.185. The van der Waals surface area contributed by atoms with Crippen molar-refractivity contribution in [1.82, 2.24) is 0 Å². The van der Waals surface area contributed by atoms with E-state index in [-0.39, 0.29) is 5.41 Å². The van der Waals surface area contributed by atoms with E-state index in [0.29, 0.717) is 0 Å². The van der Waals surface area contributed by atoms with Crippen molar-refractivity contribution >= 4 is 49.8 Å². The van der Waals surface area contributed by atoms with Crippen molar-refractivity contribution in [3.63, 3.8) is 0 Å². The summed E-state index contributed by atoms with van der Waals surface area (Å²) in [7, 11) is 0. The maximum atomic E-state index is 7.35. The van der Waals surface area contributed by atoms with Gasteiger partial charge in [0.25, 0.3) is 0 Å². The molecule has 0 unspecified atom stereocenters. The maximum Gasteiger partial charge on any atom is 0.159 e. The Hall–Kier alpha value is -7.94. The normalized spacial score (nSPS) is 12.7. The summed E-state index contributed by atoms with van der Waals surface area (Å²) in [6.45, 7) is 4.71. The zero-order valence-corrected chi connectivity index (χ0v) is 35.2. The van der Waals surface area contributed by atoms with Gasteiger partial charge in [-0.15, -0.1) is 0 Å². The van der Waals surface area contributed by atoms with Gasteiger partial charge in [-0.2, -0.15) is 0 Å². The van der Waals surface area contributed by atoms with Crippen LogP contribution in [0.25, 0.3) is 88.3 Å². The fraction of sp³-hybridized carbons (Fsp3) is 0.0492. The maximum absolute atomic E-state index is 7.35. The van der Waals surface area contributed by atoms with Crippen LogP contribution in [0.4, 0.5) is 17.1 Å². The highest BCUT2D eigenvalue weighted by Gasteiger charge is 2.36. The summed E-state index contributed by atoms with van der Waals surface area (Å²) in [6, 6.07) is 81.5. The van der Waals surface area contributed by atoms with E-state index in [1.807, 2.05) is 0 Å². The molecule has 0 amide bonds. The Morgan fingerprint density at radius 3 is 1.68 bits per heavy atom. The molecule has 12 rings (SSSR count). The summed E-state index contributed by atoms with van der Waals surface area (Å²) in [6.07, 6.45) is 0. The van der Waals surface area contributed by atoms with Gasteiger partial charge >= 0.3 is 0 Å². The Morgan fingerprint density at radius 2 is 0.921 bits per heavy atom. The Labute approximate surface area is 368 Å². The highest BCUT2D eigenvalue weighted by atomic mass is 16.3. The van der Waals surface area contributed by atoms with E-state index in [2.05, 4.69) is 243 Å². The number of nitrogens with zero attached hydrogens (tertiary/aromatic N) is 1. The molecule has 0 aliphatic heterocycles. The van der Waals surface area contributed by atoms with E-state index in [1.165, 1.54) is 49.7 Å². The van der Waals surface area contributed by atoms with Crippen molar-refractivity contribution in [1.29, 1.82) is 0 Å². The molecule has 0 radical (unpaired) electrons. The van der Waals surface area contributed by atoms with E-state index >= 15 is 0 Å². The molecule has 1 heterocycles. The monoisotopic (exact) mass is 805 g/mol. The van der Waals surface area contributed by atoms with Gasteiger partial charge in [-0.3, -0.25) is 0 Å². The van der Waals surface area contributed by atoms with Crippen LogP contribution in [0.15, 0.2) is 229 Å². The van der Waals surface area contributed by atoms with Crippen molar-refractivity contribution in [2.75, 3.05) is 4.90 Å². The molecule has 0 atom stereocenters. The molecule has 1 aliphatic rings. The molecule has 0 spiro atoms. The van der Waals surface area contributed by atoms with Crippen LogP contribution in [0.2, 0.25) is 0 Å². The largest absolute Gasteiger partial charge is 0.453 e. The van der Waals surface area contributed by atoms with Gasteiger partial charge in [0.1, 0.15) is 5.58 Å². The first-order valence-electron chi connectivity index (χ1n) is 21.8. The number of anilines is 3. The zero-order chi connectivity index (χ0) is 42.1. The van der Waals surface area contributed by atoms with E-state index < -0.39 is 0 Å². The summed E-state index contributed by atoms with van der Waals surface area (Å²) in [5, 5.41) is 4.58. The van der Waals surface area contributed by atoms with Gasteiger partial charge in [-0.1, -0.05) is 202 Å². The SMILES string of the molecule is CC1(C)c2ccccc2-c2ccc(N(c3ccc(-c4ccccc4)cc3-c3ccc(-c4ccccc4)cc3)c3cccc4c3oc3c(-c5ccccc5)cc5ccccc5c34)cc21. The van der Waals surface area contributed by atoms with E-state index in [1.54, 1.807) is 0 Å². The highest BCUT2D eigenvalue weighted by Crippen LogP contribution is 2.53. The van der Waals surface area contributed by atoms with Crippen molar-refractivity contribution in [2.24, 2.45) is 0 Å². The third-order valence-electron chi connectivity index (χ3n) is 13.3. The molecule has 0 N–H and O–H groups in total. The summed E-state index contributed by atoms with van der Waals surface area (Å²) >= 11 is 0. The molecule has 0 fully saturated rings. The lowest BCUT2D eigenvalue weighted by molar-refractivity contribution is 0.660. The van der Waals surface area contributed by atoms with Gasteiger partial charge in [0.05, 0.1) is 11.4 Å². The fourth-order valence-corrected chi connectivity index (χ4v) is 10.1. The Kier molecular flexibility index (Phi) is 8.55. The number of para-hydroxylation sites is 1. The third-order valence-corrected chi connectivity index (χ3v) is 13.3. The van der Waals surface area contributed by atoms with Crippen LogP contribution in [0.3, 0.4) is 0 Å². The Bertz CT molecular complexity index is 3510. The molecule has 1 aliphatic carbocycles. The first-order valence-corrected chi connectivity index (χ1v) is 21.8. The van der Waals surface area contributed by atoms with Crippen molar-refractivity contribution < 1.29 is 4.42 Å². The lowest BCUT2D eigenvalue weighted by Gasteiger charge is -2.30. The topological polar surface area (TPSA) is 16.4 Å². The van der Waals surface area contributed by atoms with Gasteiger partial charge in [-0.05, 0) is 103 Å². The van der Waals surface area contributed by atoms with Gasteiger partial charge in [0, 0.05) is 33.0 Å². The number of hydrogen-bond acceptors (Lipinski definition) is 2. The third kappa shape index (κ3) is 6.02. The molecule has 63 heavy (non-hydrogen) atoms. The molecular formula is C61H43NO. The molecule has 2 heteroatoms. The molecule has 2 nitrogen and oxygen atoms in total. The molecule has 298 valence electrons. The summed E-state index contributed by atoms with van der Waals surface area (Å²) in [4.78, 5) is 2.45. The second-order valence-electron chi connectivity index (χ2n) is 17.2. The molecule has 10 aromatic carbocycles. The summed E-state index contributed by atoms with van der Waals surface area (Å²) in [5.74, 6) is 0. The van der Waals surface area contributed by atoms with Gasteiger partial charge in [0.2, 0.25) is 0 Å². The van der Waals surface area contributed by atoms with Crippen LogP contribution in [0.1, 0.15) is 25.0 Å². The van der Waals surface area contributed by atoms with Crippen LogP contribution in [-0.2, 0) is 5.41 Å². The average Bonchev–Trinajstić information content (AvgIpc) is 3.85. The number of rotatable bonds is 7. The van der Waals surface area contributed by atoms with E-state index in [9.17, 15) is 0 Å². The lowest BCUT2D eigenvalue weighted by atomic mass is 9.82. The predicted molar refractivity (Wildman–Crippen MR) is 265 cm³/mol. The molecule has 0 saturated carbocycles. The van der Waals surface area contributed by atoms with E-state index in [0.717, 1.165) is 66.8 Å². The molecule has 0 saturated heterocycles. The Balaban J connectivity index is 1.15. The first kappa shape index (κ1) is 36.9. The second kappa shape index (κ2) is 14.6. The molecule has 0 bridgehead atoms. The van der Waals surface area contributed by atoms with Crippen molar-refractivity contribution in [3.05, 3.63) is 236 Å². The van der Waals surface area contributed by atoms with Gasteiger partial charge in [0.15, 0.2) is 5.58 Å². The minimum absolute atomic E-state index is 0.185. The quantitative estimate of drug-likeness (QED) is 0.160. The fourth-order valence-electron chi connectivity index (χ4n) is 10.1. The average molecular weight is 806 g/mol. The smallest absolute Gasteiger partial charge is 0.159 e. The highest BCUT2D eigenvalue weighted by molar-refractivity contribution is 6.24.